The number of nitrogens with zero attached hydrogens (tertiary/aromatic N) is 2. The SMILES string of the molecule is NC1(O)CC=CN=C1c1ccccn1. The molecule has 0 bridgehead atoms. The molecule has 0 amide bonds. The lowest BCUT2D eigenvalue weighted by atomic mass is 9.99. The average molecular weight is 189 g/mol. The molecule has 0 aromatic carbocycles. The van der Waals surface area contributed by atoms with E-state index in [1.807, 2.05) is 6.07 Å². The van der Waals surface area contributed by atoms with Crippen molar-refractivity contribution in [2.45, 2.75) is 12.1 Å². The zero-order valence-corrected chi connectivity index (χ0v) is 7.59. The van der Waals surface area contributed by atoms with Crippen LogP contribution in [0.25, 0.3) is 0 Å². The van der Waals surface area contributed by atoms with Gasteiger partial charge in [0.2, 0.25) is 0 Å². The second-order valence-corrected chi connectivity index (χ2v) is 3.21. The molecule has 4 nitrogen and oxygen atoms in total. The number of hydrogen-bond acceptors (Lipinski definition) is 4. The van der Waals surface area contributed by atoms with Gasteiger partial charge in [0.05, 0.1) is 5.69 Å². The molecule has 1 aromatic rings. The maximum absolute atomic E-state index is 9.84. The van der Waals surface area contributed by atoms with E-state index in [1.165, 1.54) is 0 Å². The summed E-state index contributed by atoms with van der Waals surface area (Å²) in [6.45, 7) is 0. The molecule has 0 saturated carbocycles. The van der Waals surface area contributed by atoms with Crippen molar-refractivity contribution in [2.75, 3.05) is 0 Å². The van der Waals surface area contributed by atoms with Crippen LogP contribution in [0.1, 0.15) is 12.1 Å². The summed E-state index contributed by atoms with van der Waals surface area (Å²) in [6, 6.07) is 5.41. The van der Waals surface area contributed by atoms with Crippen molar-refractivity contribution >= 4 is 5.71 Å². The largest absolute Gasteiger partial charge is 0.370 e. The summed E-state index contributed by atoms with van der Waals surface area (Å²) in [5.74, 6) is 0. The molecular formula is C10H11N3O. The minimum absolute atomic E-state index is 0.363. The first-order chi connectivity index (χ1) is 6.70. The molecule has 14 heavy (non-hydrogen) atoms. The molecule has 4 heteroatoms. The van der Waals surface area contributed by atoms with Crippen LogP contribution in [0.15, 0.2) is 41.7 Å². The van der Waals surface area contributed by atoms with Gasteiger partial charge < -0.3 is 5.11 Å². The van der Waals surface area contributed by atoms with Crippen LogP contribution in [-0.2, 0) is 0 Å². The summed E-state index contributed by atoms with van der Waals surface area (Å²) in [4.78, 5) is 8.14. The first-order valence-electron chi connectivity index (χ1n) is 4.36. The number of hydrogen-bond donors (Lipinski definition) is 2. The van der Waals surface area contributed by atoms with E-state index in [9.17, 15) is 5.11 Å². The molecule has 0 aliphatic carbocycles. The predicted molar refractivity (Wildman–Crippen MR) is 53.7 cm³/mol. The molecule has 0 saturated heterocycles. The molecule has 0 fully saturated rings. The van der Waals surface area contributed by atoms with Gasteiger partial charge in [0.15, 0.2) is 5.72 Å². The molecule has 1 atom stereocenters. The van der Waals surface area contributed by atoms with Crippen LogP contribution in [0.5, 0.6) is 0 Å². The highest BCUT2D eigenvalue weighted by atomic mass is 16.3. The van der Waals surface area contributed by atoms with Crippen LogP contribution in [0.4, 0.5) is 0 Å². The second-order valence-electron chi connectivity index (χ2n) is 3.21. The first-order valence-corrected chi connectivity index (χ1v) is 4.36. The summed E-state index contributed by atoms with van der Waals surface area (Å²) in [6.07, 6.45) is 5.37. The zero-order valence-electron chi connectivity index (χ0n) is 7.59. The average Bonchev–Trinajstić information content (AvgIpc) is 2.18. The van der Waals surface area contributed by atoms with Gasteiger partial charge in [-0.2, -0.15) is 0 Å². The Morgan fingerprint density at radius 2 is 2.29 bits per heavy atom. The van der Waals surface area contributed by atoms with E-state index in [2.05, 4.69) is 9.98 Å². The third-order valence-corrected chi connectivity index (χ3v) is 2.06. The Kier molecular flexibility index (Phi) is 2.15. The van der Waals surface area contributed by atoms with Crippen LogP contribution < -0.4 is 5.73 Å². The van der Waals surface area contributed by atoms with Crippen molar-refractivity contribution in [1.82, 2.24) is 4.98 Å². The minimum atomic E-state index is -1.40. The van der Waals surface area contributed by atoms with Gasteiger partial charge in [0.25, 0.3) is 0 Å². The highest BCUT2D eigenvalue weighted by molar-refractivity contribution is 6.05. The maximum atomic E-state index is 9.84. The van der Waals surface area contributed by atoms with Crippen molar-refractivity contribution in [2.24, 2.45) is 10.7 Å². The Bertz CT molecular complexity index is 382. The second kappa shape index (κ2) is 3.32. The van der Waals surface area contributed by atoms with Crippen LogP contribution in [0, 0.1) is 0 Å². The smallest absolute Gasteiger partial charge is 0.162 e. The maximum Gasteiger partial charge on any atom is 0.162 e. The normalized spacial score (nSPS) is 26.0. The van der Waals surface area contributed by atoms with E-state index in [-0.39, 0.29) is 0 Å². The number of aliphatic hydroxyl groups is 1. The van der Waals surface area contributed by atoms with Crippen molar-refractivity contribution in [3.05, 3.63) is 42.4 Å². The summed E-state index contributed by atoms with van der Waals surface area (Å²) in [5, 5.41) is 9.84. The summed E-state index contributed by atoms with van der Waals surface area (Å²) >= 11 is 0. The highest BCUT2D eigenvalue weighted by Gasteiger charge is 2.30. The number of aromatic nitrogens is 1. The Morgan fingerprint density at radius 3 is 2.93 bits per heavy atom. The molecular weight excluding hydrogens is 178 g/mol. The van der Waals surface area contributed by atoms with Crippen molar-refractivity contribution < 1.29 is 5.11 Å². The van der Waals surface area contributed by atoms with Gasteiger partial charge in [0.1, 0.15) is 5.71 Å². The van der Waals surface area contributed by atoms with E-state index in [0.717, 1.165) is 0 Å². The van der Waals surface area contributed by atoms with Gasteiger partial charge in [-0.25, -0.2) is 0 Å². The molecule has 2 heterocycles. The number of pyridine rings is 1. The van der Waals surface area contributed by atoms with E-state index in [4.69, 9.17) is 5.73 Å². The topological polar surface area (TPSA) is 71.5 Å². The fourth-order valence-corrected chi connectivity index (χ4v) is 1.36. The highest BCUT2D eigenvalue weighted by Crippen LogP contribution is 2.16. The molecule has 1 aliphatic rings. The fourth-order valence-electron chi connectivity index (χ4n) is 1.36. The number of aliphatic imine (C=N–C) groups is 1. The Balaban J connectivity index is 2.43. The summed E-state index contributed by atoms with van der Waals surface area (Å²) in [7, 11) is 0. The van der Waals surface area contributed by atoms with Crippen LogP contribution in [-0.4, -0.2) is 21.5 Å². The lowest BCUT2D eigenvalue weighted by Crippen LogP contribution is -2.49. The summed E-state index contributed by atoms with van der Waals surface area (Å²) in [5.41, 5.74) is 5.32. The van der Waals surface area contributed by atoms with Crippen LogP contribution in [0.2, 0.25) is 0 Å². The Morgan fingerprint density at radius 1 is 1.43 bits per heavy atom. The van der Waals surface area contributed by atoms with Gasteiger partial charge in [-0.3, -0.25) is 15.7 Å². The lowest BCUT2D eigenvalue weighted by Gasteiger charge is -2.25. The fraction of sp³-hybridized carbons (Fsp3) is 0.200. The molecule has 0 spiro atoms. The number of rotatable bonds is 1. The molecule has 3 N–H and O–H groups in total. The van der Waals surface area contributed by atoms with E-state index < -0.39 is 5.72 Å². The monoisotopic (exact) mass is 189 g/mol. The van der Waals surface area contributed by atoms with E-state index >= 15 is 0 Å². The van der Waals surface area contributed by atoms with Gasteiger partial charge >= 0.3 is 0 Å². The van der Waals surface area contributed by atoms with Crippen molar-refractivity contribution in [3.63, 3.8) is 0 Å². The van der Waals surface area contributed by atoms with E-state index in [1.54, 1.807) is 30.6 Å². The molecule has 1 aliphatic heterocycles. The van der Waals surface area contributed by atoms with Gasteiger partial charge in [0, 0.05) is 18.8 Å². The third kappa shape index (κ3) is 1.57. The Hall–Kier alpha value is -1.52. The number of nitrogens with two attached hydrogens (primary N) is 1. The van der Waals surface area contributed by atoms with Gasteiger partial charge in [-0.05, 0) is 12.1 Å². The van der Waals surface area contributed by atoms with E-state index in [0.29, 0.717) is 17.8 Å². The quantitative estimate of drug-likeness (QED) is 0.629. The minimum Gasteiger partial charge on any atom is -0.370 e. The Labute approximate surface area is 81.8 Å². The molecule has 0 radical (unpaired) electrons. The standard InChI is InChI=1S/C10H11N3O/c11-10(14)5-3-7-13-9(10)8-4-1-2-6-12-8/h1-4,6-7,14H,5,11H2. The van der Waals surface area contributed by atoms with Crippen molar-refractivity contribution in [1.29, 1.82) is 0 Å². The summed E-state index contributed by atoms with van der Waals surface area (Å²) < 4.78 is 0. The third-order valence-electron chi connectivity index (χ3n) is 2.06. The molecule has 1 unspecified atom stereocenters. The van der Waals surface area contributed by atoms with Crippen LogP contribution in [0.3, 0.4) is 0 Å². The molecule has 72 valence electrons. The van der Waals surface area contributed by atoms with Gasteiger partial charge in [-0.1, -0.05) is 12.1 Å². The van der Waals surface area contributed by atoms with Gasteiger partial charge in [-0.15, -0.1) is 0 Å². The molecule has 2 rings (SSSR count). The molecule has 1 aromatic heterocycles. The lowest BCUT2D eigenvalue weighted by molar-refractivity contribution is 0.122. The first kappa shape index (κ1) is 9.05. The van der Waals surface area contributed by atoms with Crippen molar-refractivity contribution in [3.8, 4) is 0 Å². The predicted octanol–water partition coefficient (Wildman–Crippen LogP) is 0.435. The van der Waals surface area contributed by atoms with Crippen LogP contribution >= 0.6 is 0 Å². The zero-order chi connectivity index (χ0) is 10.0.